The van der Waals surface area contributed by atoms with Crippen LogP contribution < -0.4 is 0 Å². The molecule has 0 unspecified atom stereocenters. The number of aliphatic hydroxyl groups is 5. The minimum absolute atomic E-state index is 0.0493. The fourth-order valence-electron chi connectivity index (χ4n) is 1.57. The van der Waals surface area contributed by atoms with Gasteiger partial charge in [0.1, 0.15) is 24.1 Å². The van der Waals surface area contributed by atoms with Crippen LogP contribution in [0.2, 0.25) is 0 Å². The summed E-state index contributed by atoms with van der Waals surface area (Å²) in [6.07, 6.45) is -6.69. The highest BCUT2D eigenvalue weighted by molar-refractivity contribution is 5.89. The van der Waals surface area contributed by atoms with E-state index in [2.05, 4.69) is 0 Å². The topological polar surface area (TPSA) is 148 Å². The first-order valence-corrected chi connectivity index (χ1v) is 6.16. The first kappa shape index (κ1) is 17.3. The second-order valence-electron chi connectivity index (χ2n) is 4.40. The second kappa shape index (κ2) is 7.91. The van der Waals surface area contributed by atoms with Crippen LogP contribution in [0.5, 0.6) is 5.75 Å². The zero-order valence-electron chi connectivity index (χ0n) is 11.0. The van der Waals surface area contributed by atoms with Crippen molar-refractivity contribution in [3.63, 3.8) is 0 Å². The molecular weight excluding hydrogens is 284 g/mol. The van der Waals surface area contributed by atoms with Crippen molar-refractivity contribution in [2.45, 2.75) is 24.4 Å². The van der Waals surface area contributed by atoms with E-state index in [1.807, 2.05) is 0 Å². The molecular formula is C13H18O8. The number of carbonyl (C=O) groups is 1. The summed E-state index contributed by atoms with van der Waals surface area (Å²) in [7, 11) is 0. The number of phenols is 1. The van der Waals surface area contributed by atoms with Crippen molar-refractivity contribution in [1.29, 1.82) is 0 Å². The monoisotopic (exact) mass is 302 g/mol. The average molecular weight is 302 g/mol. The van der Waals surface area contributed by atoms with E-state index in [-0.39, 0.29) is 11.3 Å². The molecule has 1 rings (SSSR count). The Morgan fingerprint density at radius 3 is 2.05 bits per heavy atom. The molecule has 0 aliphatic carbocycles. The summed E-state index contributed by atoms with van der Waals surface area (Å²) in [5.74, 6) is -0.939. The van der Waals surface area contributed by atoms with Crippen LogP contribution in [-0.4, -0.2) is 74.2 Å². The predicted octanol–water partition coefficient (Wildman–Crippen LogP) is -2.02. The minimum Gasteiger partial charge on any atom is -0.508 e. The second-order valence-corrected chi connectivity index (χ2v) is 4.40. The molecule has 0 aliphatic heterocycles. The first-order chi connectivity index (χ1) is 9.90. The molecule has 118 valence electrons. The van der Waals surface area contributed by atoms with E-state index in [0.717, 1.165) is 0 Å². The zero-order valence-corrected chi connectivity index (χ0v) is 11.0. The van der Waals surface area contributed by atoms with Crippen LogP contribution in [0.4, 0.5) is 0 Å². The summed E-state index contributed by atoms with van der Waals surface area (Å²) in [5, 5.41) is 55.3. The number of rotatable bonds is 7. The van der Waals surface area contributed by atoms with E-state index in [1.165, 1.54) is 24.3 Å². The third-order valence-electron chi connectivity index (χ3n) is 2.85. The Bertz CT molecular complexity index is 446. The fraction of sp³-hybridized carbons (Fsp3) is 0.462. The van der Waals surface area contributed by atoms with Gasteiger partial charge in [-0.2, -0.15) is 0 Å². The maximum absolute atomic E-state index is 11.8. The van der Waals surface area contributed by atoms with Gasteiger partial charge < -0.3 is 35.4 Å². The molecule has 0 aliphatic rings. The molecule has 0 spiro atoms. The molecule has 0 saturated carbocycles. The number of esters is 1. The number of hydrogen-bond donors (Lipinski definition) is 6. The maximum Gasteiger partial charge on any atom is 0.338 e. The molecule has 0 amide bonds. The van der Waals surface area contributed by atoms with Gasteiger partial charge in [0.15, 0.2) is 6.10 Å². The molecule has 4 atom stereocenters. The highest BCUT2D eigenvalue weighted by Crippen LogP contribution is 2.14. The third-order valence-corrected chi connectivity index (χ3v) is 2.85. The number of aromatic hydroxyl groups is 1. The summed E-state index contributed by atoms with van der Waals surface area (Å²) >= 11 is 0. The van der Waals surface area contributed by atoms with Crippen molar-refractivity contribution in [3.8, 4) is 5.75 Å². The maximum atomic E-state index is 11.8. The predicted molar refractivity (Wildman–Crippen MR) is 69.5 cm³/mol. The molecule has 21 heavy (non-hydrogen) atoms. The molecule has 1 aromatic carbocycles. The Morgan fingerprint density at radius 2 is 1.57 bits per heavy atom. The van der Waals surface area contributed by atoms with Gasteiger partial charge in [-0.25, -0.2) is 4.79 Å². The summed E-state index contributed by atoms with van der Waals surface area (Å²) in [6, 6.07) is 5.06. The molecule has 0 bridgehead atoms. The number of benzene rings is 1. The van der Waals surface area contributed by atoms with Crippen LogP contribution in [-0.2, 0) is 4.74 Å². The summed E-state index contributed by atoms with van der Waals surface area (Å²) in [5.41, 5.74) is 0.0654. The van der Waals surface area contributed by atoms with Gasteiger partial charge >= 0.3 is 5.97 Å². The lowest BCUT2D eigenvalue weighted by Gasteiger charge is -2.27. The summed E-state index contributed by atoms with van der Waals surface area (Å²) in [4.78, 5) is 11.8. The fourth-order valence-corrected chi connectivity index (χ4v) is 1.57. The highest BCUT2D eigenvalue weighted by atomic mass is 16.6. The van der Waals surface area contributed by atoms with E-state index in [4.69, 9.17) is 20.1 Å². The molecule has 0 saturated heterocycles. The van der Waals surface area contributed by atoms with E-state index in [0.29, 0.717) is 0 Å². The molecule has 0 aromatic heterocycles. The lowest BCUT2D eigenvalue weighted by Crippen LogP contribution is -2.48. The quantitative estimate of drug-likeness (QED) is 0.316. The Kier molecular flexibility index (Phi) is 6.53. The highest BCUT2D eigenvalue weighted by Gasteiger charge is 2.33. The molecule has 8 nitrogen and oxygen atoms in total. The van der Waals surface area contributed by atoms with Crippen LogP contribution in [0.25, 0.3) is 0 Å². The molecule has 8 heteroatoms. The van der Waals surface area contributed by atoms with Crippen LogP contribution in [0.1, 0.15) is 10.4 Å². The number of carbonyl (C=O) groups excluding carboxylic acids is 1. The van der Waals surface area contributed by atoms with Gasteiger partial charge in [0.05, 0.1) is 18.8 Å². The average Bonchev–Trinajstić information content (AvgIpc) is 2.50. The molecule has 6 N–H and O–H groups in total. The van der Waals surface area contributed by atoms with Crippen molar-refractivity contribution in [3.05, 3.63) is 29.8 Å². The van der Waals surface area contributed by atoms with E-state index in [9.17, 15) is 20.1 Å². The minimum atomic E-state index is -1.79. The van der Waals surface area contributed by atoms with E-state index < -0.39 is 43.6 Å². The van der Waals surface area contributed by atoms with Crippen LogP contribution in [0, 0.1) is 0 Å². The zero-order chi connectivity index (χ0) is 16.0. The van der Waals surface area contributed by atoms with Gasteiger partial charge in [-0.15, -0.1) is 0 Å². The Balaban J connectivity index is 2.72. The number of hydrogen-bond acceptors (Lipinski definition) is 8. The molecule has 1 aromatic rings. The van der Waals surface area contributed by atoms with Gasteiger partial charge in [-0.1, -0.05) is 0 Å². The number of phenolic OH excluding ortho intramolecular Hbond substituents is 1. The van der Waals surface area contributed by atoms with Gasteiger partial charge in [0.2, 0.25) is 0 Å². The van der Waals surface area contributed by atoms with Gasteiger partial charge in [0.25, 0.3) is 0 Å². The van der Waals surface area contributed by atoms with Gasteiger partial charge in [-0.3, -0.25) is 0 Å². The first-order valence-electron chi connectivity index (χ1n) is 6.16. The lowest BCUT2D eigenvalue weighted by molar-refractivity contribution is -0.126. The Morgan fingerprint density at radius 1 is 1.00 bits per heavy atom. The van der Waals surface area contributed by atoms with Crippen LogP contribution in [0.3, 0.4) is 0 Å². The summed E-state index contributed by atoms with van der Waals surface area (Å²) in [6.45, 7) is -1.59. The van der Waals surface area contributed by atoms with Gasteiger partial charge in [0, 0.05) is 0 Å². The van der Waals surface area contributed by atoms with Crippen molar-refractivity contribution in [2.75, 3.05) is 13.2 Å². The largest absolute Gasteiger partial charge is 0.508 e. The van der Waals surface area contributed by atoms with Crippen LogP contribution in [0.15, 0.2) is 24.3 Å². The normalized spacial score (nSPS) is 16.8. The van der Waals surface area contributed by atoms with Crippen molar-refractivity contribution in [1.82, 2.24) is 0 Å². The van der Waals surface area contributed by atoms with Crippen molar-refractivity contribution < 1.29 is 40.2 Å². The lowest BCUT2D eigenvalue weighted by atomic mass is 10.0. The number of ether oxygens (including phenoxy) is 1. The summed E-state index contributed by atoms with van der Waals surface area (Å²) < 4.78 is 4.83. The van der Waals surface area contributed by atoms with Gasteiger partial charge in [-0.05, 0) is 24.3 Å². The van der Waals surface area contributed by atoms with E-state index >= 15 is 0 Å². The van der Waals surface area contributed by atoms with Crippen molar-refractivity contribution >= 4 is 5.97 Å². The molecule has 0 heterocycles. The number of aliphatic hydroxyl groups excluding tert-OH is 5. The Hall–Kier alpha value is -1.71. The molecule has 0 fully saturated rings. The van der Waals surface area contributed by atoms with E-state index in [1.54, 1.807) is 0 Å². The SMILES string of the molecule is O=C(O[C@@H](CO)[C@H](O)[C@@H](O)[C@@H](O)CO)c1ccc(O)cc1. The van der Waals surface area contributed by atoms with Crippen molar-refractivity contribution in [2.24, 2.45) is 0 Å². The van der Waals surface area contributed by atoms with Crippen LogP contribution >= 0.6 is 0 Å². The third kappa shape index (κ3) is 4.66. The molecule has 0 radical (unpaired) electrons. The Labute approximate surface area is 120 Å². The smallest absolute Gasteiger partial charge is 0.338 e. The standard InChI is InChI=1S/C13H18O8/c14-5-9(17)11(18)12(19)10(6-15)21-13(20)7-1-3-8(16)4-2-7/h1-4,9-12,14-19H,5-6H2/t9-,10-,11-,12-/m0/s1.